The minimum Gasteiger partial charge on any atom is -0.389 e. The van der Waals surface area contributed by atoms with Crippen molar-refractivity contribution in [2.24, 2.45) is 0 Å². The van der Waals surface area contributed by atoms with Gasteiger partial charge in [0.2, 0.25) is 0 Å². The van der Waals surface area contributed by atoms with Gasteiger partial charge in [-0.3, -0.25) is 0 Å². The summed E-state index contributed by atoms with van der Waals surface area (Å²) < 4.78 is 5.52. The molecular weight excluding hydrogens is 258 g/mol. The molecule has 0 radical (unpaired) electrons. The Morgan fingerprint density at radius 1 is 1.26 bits per heavy atom. The first kappa shape index (κ1) is 17.3. The molecule has 0 aliphatic carbocycles. The lowest BCUT2D eigenvalue weighted by atomic mass is 10.1. The Morgan fingerprint density at radius 2 is 2.05 bits per heavy atom. The highest BCUT2D eigenvalue weighted by Gasteiger charge is 2.15. The van der Waals surface area contributed by atoms with Crippen molar-refractivity contribution < 1.29 is 9.84 Å². The maximum Gasteiger partial charge on any atom is 0.0897 e. The molecule has 1 fully saturated rings. The summed E-state index contributed by atoms with van der Waals surface area (Å²) in [5.41, 5.74) is 0. The summed E-state index contributed by atoms with van der Waals surface area (Å²) >= 11 is 1.99. The molecule has 2 unspecified atom stereocenters. The van der Waals surface area contributed by atoms with Gasteiger partial charge in [0.15, 0.2) is 0 Å². The van der Waals surface area contributed by atoms with Gasteiger partial charge >= 0.3 is 0 Å². The second-order valence-corrected chi connectivity index (χ2v) is 6.62. The molecule has 2 N–H and O–H groups in total. The van der Waals surface area contributed by atoms with E-state index in [2.05, 4.69) is 12.2 Å². The minimum atomic E-state index is -0.356. The van der Waals surface area contributed by atoms with Gasteiger partial charge in [0.1, 0.15) is 0 Å². The van der Waals surface area contributed by atoms with E-state index in [1.54, 1.807) is 0 Å². The molecule has 0 aromatic carbocycles. The van der Waals surface area contributed by atoms with Crippen molar-refractivity contribution in [2.45, 2.75) is 64.0 Å². The van der Waals surface area contributed by atoms with Crippen molar-refractivity contribution in [3.63, 3.8) is 0 Å². The Labute approximate surface area is 122 Å². The van der Waals surface area contributed by atoms with Gasteiger partial charge in [0.25, 0.3) is 0 Å². The zero-order valence-electron chi connectivity index (χ0n) is 12.4. The molecule has 114 valence electrons. The maximum absolute atomic E-state index is 9.79. The Kier molecular flexibility index (Phi) is 10.9. The van der Waals surface area contributed by atoms with E-state index in [0.29, 0.717) is 19.2 Å². The fraction of sp³-hybridized carbons (Fsp3) is 1.00. The second-order valence-electron chi connectivity index (χ2n) is 5.47. The Balaban J connectivity index is 1.80. The molecule has 0 amide bonds. The minimum absolute atomic E-state index is 0.356. The van der Waals surface area contributed by atoms with E-state index >= 15 is 0 Å². The van der Waals surface area contributed by atoms with E-state index in [4.69, 9.17) is 4.74 Å². The molecule has 1 aliphatic rings. The number of thioether (sulfide) groups is 1. The monoisotopic (exact) mass is 289 g/mol. The first-order valence-electron chi connectivity index (χ1n) is 7.90. The van der Waals surface area contributed by atoms with Crippen LogP contribution in [0.5, 0.6) is 0 Å². The van der Waals surface area contributed by atoms with Crippen molar-refractivity contribution in [3.05, 3.63) is 0 Å². The first-order valence-corrected chi connectivity index (χ1v) is 9.05. The van der Waals surface area contributed by atoms with Crippen LogP contribution in [0.2, 0.25) is 0 Å². The summed E-state index contributed by atoms with van der Waals surface area (Å²) in [6, 6.07) is 0.596. The van der Waals surface area contributed by atoms with Gasteiger partial charge in [-0.05, 0) is 18.6 Å². The lowest BCUT2D eigenvalue weighted by molar-refractivity contribution is 0.0344. The van der Waals surface area contributed by atoms with Crippen LogP contribution in [0.4, 0.5) is 0 Å². The maximum atomic E-state index is 9.79. The normalized spacial score (nSPS) is 20.8. The predicted molar refractivity (Wildman–Crippen MR) is 83.9 cm³/mol. The molecule has 3 nitrogen and oxygen atoms in total. The summed E-state index contributed by atoms with van der Waals surface area (Å²) in [5.74, 6) is 2.44. The van der Waals surface area contributed by atoms with Crippen LogP contribution >= 0.6 is 11.8 Å². The van der Waals surface area contributed by atoms with Crippen molar-refractivity contribution in [1.82, 2.24) is 5.32 Å². The topological polar surface area (TPSA) is 41.5 Å². The highest BCUT2D eigenvalue weighted by molar-refractivity contribution is 7.99. The van der Waals surface area contributed by atoms with Gasteiger partial charge in [0, 0.05) is 24.9 Å². The lowest BCUT2D eigenvalue weighted by Gasteiger charge is -2.15. The van der Waals surface area contributed by atoms with E-state index in [1.165, 1.54) is 50.0 Å². The molecule has 0 saturated carbocycles. The average molecular weight is 289 g/mol. The Hall–Kier alpha value is 0.230. The zero-order valence-corrected chi connectivity index (χ0v) is 13.2. The molecule has 0 bridgehead atoms. The number of hydrogen-bond donors (Lipinski definition) is 2. The number of aliphatic hydroxyl groups is 1. The molecule has 0 aromatic heterocycles. The smallest absolute Gasteiger partial charge is 0.0897 e. The molecular formula is C15H31NO2S. The van der Waals surface area contributed by atoms with Gasteiger partial charge in [-0.2, -0.15) is 11.8 Å². The van der Waals surface area contributed by atoms with Gasteiger partial charge in [0.05, 0.1) is 12.7 Å². The third kappa shape index (κ3) is 9.72. The number of hydrogen-bond acceptors (Lipinski definition) is 4. The fourth-order valence-corrected chi connectivity index (χ4v) is 3.45. The first-order chi connectivity index (χ1) is 9.33. The van der Waals surface area contributed by atoms with Gasteiger partial charge < -0.3 is 15.2 Å². The lowest BCUT2D eigenvalue weighted by Crippen LogP contribution is -2.37. The average Bonchev–Trinajstić information content (AvgIpc) is 2.93. The molecule has 1 saturated heterocycles. The van der Waals surface area contributed by atoms with E-state index in [0.717, 1.165) is 13.0 Å². The van der Waals surface area contributed by atoms with Crippen LogP contribution < -0.4 is 5.32 Å². The molecule has 0 spiro atoms. The summed E-state index contributed by atoms with van der Waals surface area (Å²) in [7, 11) is 0. The van der Waals surface area contributed by atoms with Crippen molar-refractivity contribution in [3.8, 4) is 0 Å². The molecule has 4 heteroatoms. The number of rotatable bonds is 12. The fourth-order valence-electron chi connectivity index (χ4n) is 2.26. The quantitative estimate of drug-likeness (QED) is 0.542. The van der Waals surface area contributed by atoms with Crippen LogP contribution in [0.15, 0.2) is 0 Å². The van der Waals surface area contributed by atoms with Crippen LogP contribution in [0.25, 0.3) is 0 Å². The molecule has 1 heterocycles. The van der Waals surface area contributed by atoms with Crippen LogP contribution in [0, 0.1) is 0 Å². The van der Waals surface area contributed by atoms with Gasteiger partial charge in [-0.25, -0.2) is 0 Å². The van der Waals surface area contributed by atoms with E-state index in [1.807, 2.05) is 11.8 Å². The second kappa shape index (κ2) is 12.0. The SMILES string of the molecule is CCCCCCCCOCC(O)CNC1CCSC1. The molecule has 19 heavy (non-hydrogen) atoms. The van der Waals surface area contributed by atoms with Gasteiger partial charge in [-0.1, -0.05) is 39.0 Å². The number of ether oxygens (including phenoxy) is 1. The van der Waals surface area contributed by atoms with Crippen LogP contribution in [0.3, 0.4) is 0 Å². The molecule has 1 aliphatic heterocycles. The summed E-state index contributed by atoms with van der Waals surface area (Å²) in [6.45, 7) is 4.18. The standard InChI is InChI=1S/C15H31NO2S/c1-2-3-4-5-6-7-9-18-12-15(17)11-16-14-8-10-19-13-14/h14-17H,2-13H2,1H3. The van der Waals surface area contributed by atoms with Gasteiger partial charge in [-0.15, -0.1) is 0 Å². The Morgan fingerprint density at radius 3 is 2.79 bits per heavy atom. The number of nitrogens with one attached hydrogen (secondary N) is 1. The predicted octanol–water partition coefficient (Wildman–Crippen LogP) is 2.82. The Bertz CT molecular complexity index is 199. The summed E-state index contributed by atoms with van der Waals surface area (Å²) in [6.07, 6.45) is 8.58. The summed E-state index contributed by atoms with van der Waals surface area (Å²) in [4.78, 5) is 0. The molecule has 0 aromatic rings. The van der Waals surface area contributed by atoms with Crippen molar-refractivity contribution >= 4 is 11.8 Å². The zero-order chi connectivity index (χ0) is 13.8. The number of unbranched alkanes of at least 4 members (excludes halogenated alkanes) is 5. The third-order valence-electron chi connectivity index (χ3n) is 3.52. The van der Waals surface area contributed by atoms with Crippen molar-refractivity contribution in [2.75, 3.05) is 31.3 Å². The van der Waals surface area contributed by atoms with Crippen molar-refractivity contribution in [1.29, 1.82) is 0 Å². The molecule has 1 rings (SSSR count). The largest absolute Gasteiger partial charge is 0.389 e. The van der Waals surface area contributed by atoms with Crippen LogP contribution in [0.1, 0.15) is 51.9 Å². The summed E-state index contributed by atoms with van der Waals surface area (Å²) in [5, 5.41) is 13.2. The van der Waals surface area contributed by atoms with Crippen LogP contribution in [-0.4, -0.2) is 48.5 Å². The molecule has 2 atom stereocenters. The van der Waals surface area contributed by atoms with Crippen LogP contribution in [-0.2, 0) is 4.74 Å². The highest BCUT2D eigenvalue weighted by Crippen LogP contribution is 2.16. The van der Waals surface area contributed by atoms with E-state index in [9.17, 15) is 5.11 Å². The third-order valence-corrected chi connectivity index (χ3v) is 4.69. The van der Waals surface area contributed by atoms with E-state index in [-0.39, 0.29) is 6.10 Å². The highest BCUT2D eigenvalue weighted by atomic mass is 32.2. The van der Waals surface area contributed by atoms with E-state index < -0.39 is 0 Å². The number of aliphatic hydroxyl groups excluding tert-OH is 1.